The summed E-state index contributed by atoms with van der Waals surface area (Å²) in [6.45, 7) is 2.12. The zero-order valence-electron chi connectivity index (χ0n) is 11.5. The summed E-state index contributed by atoms with van der Waals surface area (Å²) >= 11 is 0. The van der Waals surface area contributed by atoms with E-state index in [2.05, 4.69) is 15.4 Å². The molecule has 0 spiro atoms. The Morgan fingerprint density at radius 2 is 2.10 bits per heavy atom. The summed E-state index contributed by atoms with van der Waals surface area (Å²) < 4.78 is 31.7. The Balaban J connectivity index is 1.91. The molecule has 1 saturated heterocycles. The van der Waals surface area contributed by atoms with Gasteiger partial charge in [0.1, 0.15) is 0 Å². The lowest BCUT2D eigenvalue weighted by molar-refractivity contribution is 0.0169. The number of hydrogen-bond donors (Lipinski definition) is 3. The standard InChI is InChI=1S/C14H20F2N2O2/c1-20-13-11(15)5-10(6-12(13)16)7-18-9-14(19)3-2-4-17-8-14/h5-6,17-19H,2-4,7-9H2,1H3. The average molecular weight is 286 g/mol. The number of methoxy groups -OCH3 is 1. The van der Waals surface area contributed by atoms with Gasteiger partial charge in [0.25, 0.3) is 0 Å². The summed E-state index contributed by atoms with van der Waals surface area (Å²) in [7, 11) is 1.23. The fourth-order valence-corrected chi connectivity index (χ4v) is 2.45. The molecule has 0 radical (unpaired) electrons. The maximum absolute atomic E-state index is 13.5. The van der Waals surface area contributed by atoms with Crippen molar-refractivity contribution in [1.29, 1.82) is 0 Å². The largest absolute Gasteiger partial charge is 0.491 e. The van der Waals surface area contributed by atoms with Crippen LogP contribution in [0.3, 0.4) is 0 Å². The van der Waals surface area contributed by atoms with Crippen LogP contribution in [0, 0.1) is 11.6 Å². The number of aliphatic hydroxyl groups is 1. The molecule has 3 N–H and O–H groups in total. The minimum atomic E-state index is -0.790. The fourth-order valence-electron chi connectivity index (χ4n) is 2.45. The monoisotopic (exact) mass is 286 g/mol. The number of rotatable bonds is 5. The second-order valence-corrected chi connectivity index (χ2v) is 5.20. The van der Waals surface area contributed by atoms with E-state index in [0.29, 0.717) is 25.2 Å². The number of hydrogen-bond acceptors (Lipinski definition) is 4. The van der Waals surface area contributed by atoms with E-state index in [1.807, 2.05) is 0 Å². The first-order chi connectivity index (χ1) is 9.54. The summed E-state index contributed by atoms with van der Waals surface area (Å²) in [6, 6.07) is 2.47. The molecule has 1 aliphatic heterocycles. The van der Waals surface area contributed by atoms with Gasteiger partial charge in [-0.1, -0.05) is 0 Å². The number of halogens is 2. The van der Waals surface area contributed by atoms with Crippen LogP contribution < -0.4 is 15.4 Å². The van der Waals surface area contributed by atoms with Gasteiger partial charge in [-0.05, 0) is 37.1 Å². The summed E-state index contributed by atoms with van der Waals surface area (Å²) in [5.74, 6) is -1.81. The van der Waals surface area contributed by atoms with E-state index < -0.39 is 17.2 Å². The predicted octanol–water partition coefficient (Wildman–Crippen LogP) is 1.18. The third kappa shape index (κ3) is 3.65. The van der Waals surface area contributed by atoms with Crippen LogP contribution in [0.2, 0.25) is 0 Å². The van der Waals surface area contributed by atoms with Gasteiger partial charge >= 0.3 is 0 Å². The van der Waals surface area contributed by atoms with Gasteiger partial charge in [0, 0.05) is 19.6 Å². The van der Waals surface area contributed by atoms with E-state index in [4.69, 9.17) is 0 Å². The third-order valence-electron chi connectivity index (χ3n) is 3.50. The molecule has 0 aliphatic carbocycles. The number of benzene rings is 1. The lowest BCUT2D eigenvalue weighted by atomic mass is 9.94. The van der Waals surface area contributed by atoms with Crippen LogP contribution in [-0.2, 0) is 6.54 Å². The van der Waals surface area contributed by atoms with Gasteiger partial charge in [-0.2, -0.15) is 0 Å². The van der Waals surface area contributed by atoms with Crippen molar-refractivity contribution in [2.75, 3.05) is 26.7 Å². The van der Waals surface area contributed by atoms with Gasteiger partial charge in [-0.15, -0.1) is 0 Å². The van der Waals surface area contributed by atoms with Gasteiger partial charge < -0.3 is 20.5 Å². The quantitative estimate of drug-likeness (QED) is 0.761. The Bertz CT molecular complexity index is 439. The van der Waals surface area contributed by atoms with Crippen molar-refractivity contribution in [1.82, 2.24) is 10.6 Å². The number of piperidine rings is 1. The lowest BCUT2D eigenvalue weighted by Gasteiger charge is -2.32. The average Bonchev–Trinajstić information content (AvgIpc) is 2.39. The van der Waals surface area contributed by atoms with Gasteiger partial charge in [-0.3, -0.25) is 0 Å². The predicted molar refractivity (Wildman–Crippen MR) is 71.7 cm³/mol. The molecule has 0 aromatic heterocycles. The molecule has 1 heterocycles. The first-order valence-corrected chi connectivity index (χ1v) is 6.70. The molecule has 1 aliphatic rings. The van der Waals surface area contributed by atoms with Gasteiger partial charge in [0.2, 0.25) is 0 Å². The van der Waals surface area contributed by atoms with Crippen molar-refractivity contribution in [3.8, 4) is 5.75 Å². The van der Waals surface area contributed by atoms with Crippen LogP contribution in [0.4, 0.5) is 8.78 Å². The number of ether oxygens (including phenoxy) is 1. The highest BCUT2D eigenvalue weighted by Gasteiger charge is 2.28. The van der Waals surface area contributed by atoms with E-state index in [1.165, 1.54) is 19.2 Å². The van der Waals surface area contributed by atoms with Crippen LogP contribution in [-0.4, -0.2) is 37.5 Å². The van der Waals surface area contributed by atoms with Crippen LogP contribution in [0.5, 0.6) is 5.75 Å². The maximum atomic E-state index is 13.5. The van der Waals surface area contributed by atoms with Crippen molar-refractivity contribution in [2.24, 2.45) is 0 Å². The zero-order valence-corrected chi connectivity index (χ0v) is 11.5. The Morgan fingerprint density at radius 3 is 2.65 bits per heavy atom. The van der Waals surface area contributed by atoms with Crippen LogP contribution in [0.15, 0.2) is 12.1 Å². The molecule has 2 rings (SSSR count). The Morgan fingerprint density at radius 1 is 1.40 bits per heavy atom. The number of β-amino-alcohol motifs (C(OH)–C–C–N with tert-alkyl or cyclic N) is 1. The summed E-state index contributed by atoms with van der Waals surface area (Å²) in [6.07, 6.45) is 1.64. The fraction of sp³-hybridized carbons (Fsp3) is 0.571. The molecule has 112 valence electrons. The maximum Gasteiger partial charge on any atom is 0.190 e. The molecular weight excluding hydrogens is 266 g/mol. The molecule has 1 atom stereocenters. The Hall–Kier alpha value is -1.24. The molecule has 1 fully saturated rings. The lowest BCUT2D eigenvalue weighted by Crippen LogP contribution is -2.51. The molecule has 4 nitrogen and oxygen atoms in total. The second-order valence-electron chi connectivity index (χ2n) is 5.20. The molecular formula is C14H20F2N2O2. The number of nitrogens with one attached hydrogen (secondary N) is 2. The van der Waals surface area contributed by atoms with E-state index in [-0.39, 0.29) is 5.75 Å². The van der Waals surface area contributed by atoms with Crippen molar-refractivity contribution in [3.05, 3.63) is 29.3 Å². The highest BCUT2D eigenvalue weighted by atomic mass is 19.1. The van der Waals surface area contributed by atoms with Crippen molar-refractivity contribution in [3.63, 3.8) is 0 Å². The highest BCUT2D eigenvalue weighted by Crippen LogP contribution is 2.23. The molecule has 0 saturated carbocycles. The summed E-state index contributed by atoms with van der Waals surface area (Å²) in [5, 5.41) is 16.4. The molecule has 20 heavy (non-hydrogen) atoms. The molecule has 0 bridgehead atoms. The minimum Gasteiger partial charge on any atom is -0.491 e. The highest BCUT2D eigenvalue weighted by molar-refractivity contribution is 5.31. The normalized spacial score (nSPS) is 22.8. The summed E-state index contributed by atoms with van der Waals surface area (Å²) in [4.78, 5) is 0. The smallest absolute Gasteiger partial charge is 0.190 e. The van der Waals surface area contributed by atoms with E-state index in [1.54, 1.807) is 0 Å². The molecule has 1 aromatic carbocycles. The van der Waals surface area contributed by atoms with Gasteiger partial charge in [0.15, 0.2) is 17.4 Å². The second kappa shape index (κ2) is 6.47. The van der Waals surface area contributed by atoms with Crippen molar-refractivity contribution in [2.45, 2.75) is 25.0 Å². The Labute approximate surface area is 117 Å². The minimum absolute atomic E-state index is 0.292. The van der Waals surface area contributed by atoms with Crippen molar-refractivity contribution >= 4 is 0 Å². The van der Waals surface area contributed by atoms with Crippen LogP contribution in [0.1, 0.15) is 18.4 Å². The Kier molecular flexibility index (Phi) is 4.91. The molecule has 1 aromatic rings. The summed E-state index contributed by atoms with van der Waals surface area (Å²) in [5.41, 5.74) is -0.310. The molecule has 0 amide bonds. The van der Waals surface area contributed by atoms with E-state index in [9.17, 15) is 13.9 Å². The molecule has 1 unspecified atom stereocenters. The zero-order chi connectivity index (χ0) is 14.6. The van der Waals surface area contributed by atoms with E-state index >= 15 is 0 Å². The first kappa shape index (κ1) is 15.2. The SMILES string of the molecule is COc1c(F)cc(CNCC2(O)CCCNC2)cc1F. The molecule has 6 heteroatoms. The van der Waals surface area contributed by atoms with Gasteiger partial charge in [-0.25, -0.2) is 8.78 Å². The topological polar surface area (TPSA) is 53.5 Å². The van der Waals surface area contributed by atoms with E-state index in [0.717, 1.165) is 19.4 Å². The van der Waals surface area contributed by atoms with Crippen LogP contribution >= 0.6 is 0 Å². The first-order valence-electron chi connectivity index (χ1n) is 6.70. The van der Waals surface area contributed by atoms with Crippen LogP contribution in [0.25, 0.3) is 0 Å². The third-order valence-corrected chi connectivity index (χ3v) is 3.50. The van der Waals surface area contributed by atoms with Gasteiger partial charge in [0.05, 0.1) is 12.7 Å². The van der Waals surface area contributed by atoms with Crippen molar-refractivity contribution < 1.29 is 18.6 Å².